The summed E-state index contributed by atoms with van der Waals surface area (Å²) in [6, 6.07) is 1.67. The van der Waals surface area contributed by atoms with E-state index in [0.29, 0.717) is 55.1 Å². The van der Waals surface area contributed by atoms with Crippen LogP contribution in [0.2, 0.25) is 0 Å². The zero-order valence-corrected chi connectivity index (χ0v) is 14.6. The second-order valence-electron chi connectivity index (χ2n) is 5.97. The maximum Gasteiger partial charge on any atom is 0.339 e. The molecule has 136 valence electrons. The van der Waals surface area contributed by atoms with Crippen LogP contribution in [0.15, 0.2) is 17.1 Å². The maximum atomic E-state index is 12.1. The summed E-state index contributed by atoms with van der Waals surface area (Å²) in [6.45, 7) is 2.80. The minimum atomic E-state index is -4.04. The molecule has 0 aliphatic carbocycles. The number of nitrogens with zero attached hydrogens (tertiary/aromatic N) is 4. The molecule has 2 aromatic heterocycles. The number of pyridine rings is 1. The van der Waals surface area contributed by atoms with Crippen LogP contribution in [0.1, 0.15) is 5.69 Å². The highest BCUT2D eigenvalue weighted by Crippen LogP contribution is 2.35. The first kappa shape index (κ1) is 18.0. The molecular weight excluding hydrogens is 349 g/mol. The lowest BCUT2D eigenvalue weighted by molar-refractivity contribution is 0.135. The van der Waals surface area contributed by atoms with Crippen molar-refractivity contribution in [3.05, 3.63) is 28.3 Å². The molecule has 0 bridgehead atoms. The highest BCUT2D eigenvalue weighted by molar-refractivity contribution is 7.51. The highest BCUT2D eigenvalue weighted by Gasteiger charge is 2.24. The van der Waals surface area contributed by atoms with Crippen LogP contribution < -0.4 is 10.3 Å². The van der Waals surface area contributed by atoms with E-state index in [-0.39, 0.29) is 11.8 Å². The van der Waals surface area contributed by atoms with E-state index in [4.69, 9.17) is 14.5 Å². The quantitative estimate of drug-likeness (QED) is 0.601. The summed E-state index contributed by atoms with van der Waals surface area (Å²) in [6.07, 6.45) is 1.33. The Kier molecular flexibility index (Phi) is 5.16. The van der Waals surface area contributed by atoms with Crippen LogP contribution in [0, 0.1) is 0 Å². The van der Waals surface area contributed by atoms with Crippen LogP contribution >= 0.6 is 7.60 Å². The fraction of sp³-hybridized carbons (Fsp3) is 0.500. The number of aromatic amines is 1. The van der Waals surface area contributed by atoms with Gasteiger partial charge in [0.05, 0.1) is 24.4 Å². The molecule has 2 aromatic rings. The molecule has 0 spiro atoms. The Morgan fingerprint density at radius 2 is 1.96 bits per heavy atom. The summed E-state index contributed by atoms with van der Waals surface area (Å²) < 4.78 is 16.3. The second kappa shape index (κ2) is 7.19. The number of methoxy groups -OCH3 is 1. The molecule has 11 heteroatoms. The number of aromatic nitrogens is 3. The summed E-state index contributed by atoms with van der Waals surface area (Å²) in [7, 11) is -2.53. The normalized spacial score (nSPS) is 17.1. The fourth-order valence-electron chi connectivity index (χ4n) is 2.95. The molecule has 1 aliphatic heterocycles. The molecule has 0 atom stereocenters. The number of fused-ring (bicyclic) bond motifs is 1. The molecule has 3 N–H and O–H groups in total. The van der Waals surface area contributed by atoms with Crippen LogP contribution in [-0.4, -0.2) is 74.3 Å². The van der Waals surface area contributed by atoms with Gasteiger partial charge in [-0.05, 0) is 0 Å². The smallest absolute Gasteiger partial charge is 0.339 e. The van der Waals surface area contributed by atoms with Crippen molar-refractivity contribution < 1.29 is 19.1 Å². The third-order valence-electron chi connectivity index (χ3n) is 4.13. The van der Waals surface area contributed by atoms with Crippen LogP contribution in [0.25, 0.3) is 10.8 Å². The van der Waals surface area contributed by atoms with Gasteiger partial charge in [0.2, 0.25) is 5.88 Å². The Hall–Kier alpha value is -1.84. The summed E-state index contributed by atoms with van der Waals surface area (Å²) in [4.78, 5) is 38.5. The summed E-state index contributed by atoms with van der Waals surface area (Å²) >= 11 is 0. The van der Waals surface area contributed by atoms with E-state index in [2.05, 4.69) is 20.1 Å². The van der Waals surface area contributed by atoms with E-state index in [9.17, 15) is 9.36 Å². The maximum absolute atomic E-state index is 12.1. The predicted molar refractivity (Wildman–Crippen MR) is 90.5 cm³/mol. The predicted octanol–water partition coefficient (Wildman–Crippen LogP) is -0.421. The first-order chi connectivity index (χ1) is 11.9. The second-order valence-corrected chi connectivity index (χ2v) is 7.59. The van der Waals surface area contributed by atoms with Gasteiger partial charge in [-0.25, -0.2) is 10.1 Å². The van der Waals surface area contributed by atoms with Crippen molar-refractivity contribution in [1.29, 1.82) is 0 Å². The van der Waals surface area contributed by atoms with E-state index in [1.54, 1.807) is 17.2 Å². The molecule has 1 fully saturated rings. The van der Waals surface area contributed by atoms with E-state index >= 15 is 0 Å². The van der Waals surface area contributed by atoms with Crippen molar-refractivity contribution in [2.45, 2.75) is 6.54 Å². The molecule has 1 aliphatic rings. The molecule has 3 rings (SSSR count). The van der Waals surface area contributed by atoms with Crippen molar-refractivity contribution >= 4 is 18.4 Å². The largest absolute Gasteiger partial charge is 0.481 e. The van der Waals surface area contributed by atoms with Gasteiger partial charge in [0.1, 0.15) is 6.29 Å². The van der Waals surface area contributed by atoms with Gasteiger partial charge in [0.25, 0.3) is 5.56 Å². The van der Waals surface area contributed by atoms with Gasteiger partial charge in [0, 0.05) is 44.2 Å². The third kappa shape index (κ3) is 4.42. The van der Waals surface area contributed by atoms with Crippen molar-refractivity contribution in [3.8, 4) is 5.88 Å². The molecule has 25 heavy (non-hydrogen) atoms. The minimum absolute atomic E-state index is 0.230. The molecule has 0 saturated carbocycles. The zero-order chi connectivity index (χ0) is 18.0. The average molecular weight is 369 g/mol. The number of hydrogen-bond acceptors (Lipinski definition) is 7. The SMILES string of the molecule is COc1cc2cn[nH]c(=O)c2c(CN2CCN(CP(=O)(O)O)CC2)n1. The molecule has 0 amide bonds. The molecule has 0 aromatic carbocycles. The Labute approximate surface area is 143 Å². The third-order valence-corrected chi connectivity index (χ3v) is 4.90. The standard InChI is InChI=1S/C14H20N5O5P/c1-24-12-6-10-7-15-17-14(20)13(10)11(16-12)8-18-2-4-19(5-3-18)9-25(21,22)23/h6-7H,2-5,8-9H2,1H3,(H,17,20)(H2,21,22,23). The number of piperazine rings is 1. The Bertz CT molecular complexity index is 858. The topological polar surface area (TPSA) is 132 Å². The van der Waals surface area contributed by atoms with Crippen molar-refractivity contribution in [3.63, 3.8) is 0 Å². The Morgan fingerprint density at radius 1 is 1.28 bits per heavy atom. The first-order valence-electron chi connectivity index (χ1n) is 7.76. The van der Waals surface area contributed by atoms with E-state index in [1.165, 1.54) is 7.11 Å². The molecule has 0 unspecified atom stereocenters. The van der Waals surface area contributed by atoms with Gasteiger partial charge < -0.3 is 14.5 Å². The Balaban J connectivity index is 1.78. The number of hydrogen-bond donors (Lipinski definition) is 3. The molecule has 0 radical (unpaired) electrons. The van der Waals surface area contributed by atoms with E-state index in [1.807, 2.05) is 0 Å². The lowest BCUT2D eigenvalue weighted by Gasteiger charge is -2.34. The minimum Gasteiger partial charge on any atom is -0.481 e. The van der Waals surface area contributed by atoms with Gasteiger partial charge in [-0.2, -0.15) is 5.10 Å². The number of ether oxygens (including phenoxy) is 1. The summed E-state index contributed by atoms with van der Waals surface area (Å²) in [5.41, 5.74) is 0.296. The molecule has 3 heterocycles. The van der Waals surface area contributed by atoms with Gasteiger partial charge >= 0.3 is 7.60 Å². The van der Waals surface area contributed by atoms with Gasteiger partial charge in [0.15, 0.2) is 0 Å². The van der Waals surface area contributed by atoms with Crippen LogP contribution in [0.4, 0.5) is 0 Å². The van der Waals surface area contributed by atoms with Crippen molar-refractivity contribution in [2.24, 2.45) is 0 Å². The molecule has 1 saturated heterocycles. The lowest BCUT2D eigenvalue weighted by Crippen LogP contribution is -2.46. The monoisotopic (exact) mass is 369 g/mol. The van der Waals surface area contributed by atoms with Gasteiger partial charge in [-0.15, -0.1) is 0 Å². The van der Waals surface area contributed by atoms with Gasteiger partial charge in [-0.3, -0.25) is 19.2 Å². The van der Waals surface area contributed by atoms with Gasteiger partial charge in [-0.1, -0.05) is 0 Å². The fourth-order valence-corrected chi connectivity index (χ4v) is 3.76. The van der Waals surface area contributed by atoms with Crippen molar-refractivity contribution in [2.75, 3.05) is 39.6 Å². The number of nitrogens with one attached hydrogen (secondary N) is 1. The highest BCUT2D eigenvalue weighted by atomic mass is 31.2. The summed E-state index contributed by atoms with van der Waals surface area (Å²) in [5, 5.41) is 7.37. The average Bonchev–Trinajstić information content (AvgIpc) is 2.55. The number of rotatable bonds is 5. The molecule has 10 nitrogen and oxygen atoms in total. The lowest BCUT2D eigenvalue weighted by atomic mass is 10.1. The van der Waals surface area contributed by atoms with Crippen molar-refractivity contribution in [1.82, 2.24) is 25.0 Å². The Morgan fingerprint density at radius 3 is 2.60 bits per heavy atom. The van der Waals surface area contributed by atoms with Crippen LogP contribution in [0.3, 0.4) is 0 Å². The first-order valence-corrected chi connectivity index (χ1v) is 9.56. The van der Waals surface area contributed by atoms with Crippen LogP contribution in [0.5, 0.6) is 5.88 Å². The molecular formula is C14H20N5O5P. The van der Waals surface area contributed by atoms with E-state index < -0.39 is 7.60 Å². The summed E-state index contributed by atoms with van der Waals surface area (Å²) in [5.74, 6) is 0.412. The van der Waals surface area contributed by atoms with Crippen LogP contribution in [-0.2, 0) is 11.1 Å². The van der Waals surface area contributed by atoms with E-state index in [0.717, 1.165) is 0 Å². The zero-order valence-electron chi connectivity index (χ0n) is 13.8. The number of H-pyrrole nitrogens is 1.